The molecule has 0 radical (unpaired) electrons. The summed E-state index contributed by atoms with van der Waals surface area (Å²) >= 11 is 1.33. The Bertz CT molecular complexity index is 985. The quantitative estimate of drug-likeness (QED) is 0.612. The van der Waals surface area contributed by atoms with Gasteiger partial charge in [0.2, 0.25) is 0 Å². The van der Waals surface area contributed by atoms with Gasteiger partial charge in [0.15, 0.2) is 5.13 Å². The molecule has 3 aromatic rings. The first kappa shape index (κ1) is 19.5. The summed E-state index contributed by atoms with van der Waals surface area (Å²) in [4.78, 5) is 17.9. The molecule has 5 nitrogen and oxygen atoms in total. The minimum atomic E-state index is -0.292. The van der Waals surface area contributed by atoms with Crippen LogP contribution in [0.15, 0.2) is 54.7 Å². The van der Waals surface area contributed by atoms with Gasteiger partial charge < -0.3 is 9.47 Å². The highest BCUT2D eigenvalue weighted by Crippen LogP contribution is 2.25. The van der Waals surface area contributed by atoms with Crippen LogP contribution in [0.3, 0.4) is 0 Å². The Hall–Kier alpha value is -2.77. The van der Waals surface area contributed by atoms with E-state index in [1.807, 2.05) is 6.07 Å². The molecule has 0 spiro atoms. The van der Waals surface area contributed by atoms with Gasteiger partial charge in [0.05, 0.1) is 11.7 Å². The highest BCUT2D eigenvalue weighted by atomic mass is 32.1. The lowest BCUT2D eigenvalue weighted by Gasteiger charge is -2.14. The summed E-state index contributed by atoms with van der Waals surface area (Å²) in [5.74, 6) is -0.0211. The van der Waals surface area contributed by atoms with E-state index in [-0.39, 0.29) is 17.8 Å². The van der Waals surface area contributed by atoms with Crippen LogP contribution in [0, 0.1) is 5.82 Å². The van der Waals surface area contributed by atoms with Crippen LogP contribution < -0.4 is 10.1 Å². The van der Waals surface area contributed by atoms with Crippen LogP contribution in [0.1, 0.15) is 33.6 Å². The van der Waals surface area contributed by atoms with Crippen molar-refractivity contribution in [3.63, 3.8) is 0 Å². The number of anilines is 1. The van der Waals surface area contributed by atoms with Crippen LogP contribution in [0.25, 0.3) is 0 Å². The first-order valence-corrected chi connectivity index (χ1v) is 10.3. The third-order valence-electron chi connectivity index (χ3n) is 4.68. The van der Waals surface area contributed by atoms with Crippen molar-refractivity contribution in [2.24, 2.45) is 0 Å². The zero-order chi connectivity index (χ0) is 20.1. The van der Waals surface area contributed by atoms with E-state index in [1.165, 1.54) is 17.4 Å². The topological polar surface area (TPSA) is 60.5 Å². The van der Waals surface area contributed by atoms with Crippen LogP contribution in [0.2, 0.25) is 0 Å². The first-order valence-electron chi connectivity index (χ1n) is 9.52. The van der Waals surface area contributed by atoms with Crippen LogP contribution >= 0.6 is 11.3 Å². The van der Waals surface area contributed by atoms with Crippen LogP contribution in [-0.4, -0.2) is 30.2 Å². The van der Waals surface area contributed by atoms with Gasteiger partial charge in [-0.25, -0.2) is 9.37 Å². The number of hydrogen-bond acceptors (Lipinski definition) is 5. The number of aromatic nitrogens is 1. The van der Waals surface area contributed by atoms with E-state index in [0.717, 1.165) is 24.3 Å². The molecular weight excluding hydrogens is 391 g/mol. The Morgan fingerprint density at radius 2 is 2.07 bits per heavy atom. The number of hydrogen-bond donors (Lipinski definition) is 1. The molecule has 2 aromatic carbocycles. The van der Waals surface area contributed by atoms with Crippen molar-refractivity contribution in [3.05, 3.63) is 76.5 Å². The number of benzene rings is 2. The summed E-state index contributed by atoms with van der Waals surface area (Å²) in [7, 11) is 0. The van der Waals surface area contributed by atoms with Crippen molar-refractivity contribution in [3.8, 4) is 5.75 Å². The summed E-state index contributed by atoms with van der Waals surface area (Å²) < 4.78 is 25.2. The Morgan fingerprint density at radius 3 is 2.90 bits per heavy atom. The summed E-state index contributed by atoms with van der Waals surface area (Å²) in [5, 5.41) is 3.28. The molecule has 29 heavy (non-hydrogen) atoms. The fourth-order valence-corrected chi connectivity index (χ4v) is 4.01. The number of carbonyl (C=O) groups is 1. The minimum Gasteiger partial charge on any atom is -0.490 e. The van der Waals surface area contributed by atoms with Gasteiger partial charge in [0.25, 0.3) is 5.91 Å². The molecule has 1 aliphatic heterocycles. The smallest absolute Gasteiger partial charge is 0.261 e. The number of carbonyl (C=O) groups excluding carboxylic acids is 1. The molecule has 1 amide bonds. The summed E-state index contributed by atoms with van der Waals surface area (Å²) in [5.41, 5.74) is 1.04. The normalized spacial score (nSPS) is 16.0. The maximum absolute atomic E-state index is 13.8. The Morgan fingerprint density at radius 1 is 1.24 bits per heavy atom. The molecule has 2 heterocycles. The minimum absolute atomic E-state index is 0.0750. The van der Waals surface area contributed by atoms with Gasteiger partial charge in [-0.1, -0.05) is 30.3 Å². The average Bonchev–Trinajstić information content (AvgIpc) is 3.40. The molecule has 4 rings (SSSR count). The third kappa shape index (κ3) is 4.99. The molecule has 150 valence electrons. The molecule has 1 atom stereocenters. The van der Waals surface area contributed by atoms with E-state index >= 15 is 0 Å². The zero-order valence-electron chi connectivity index (χ0n) is 15.8. The van der Waals surface area contributed by atoms with Gasteiger partial charge in [0, 0.05) is 24.1 Å². The number of amides is 1. The van der Waals surface area contributed by atoms with Crippen molar-refractivity contribution in [2.75, 3.05) is 18.5 Å². The fraction of sp³-hybridized carbons (Fsp3) is 0.273. The second-order valence-electron chi connectivity index (χ2n) is 6.80. The number of nitrogens with zero attached hydrogens (tertiary/aromatic N) is 1. The largest absolute Gasteiger partial charge is 0.490 e. The van der Waals surface area contributed by atoms with E-state index in [2.05, 4.69) is 10.3 Å². The number of nitrogens with one attached hydrogen (secondary N) is 1. The molecule has 1 aliphatic rings. The number of para-hydroxylation sites is 1. The molecule has 0 bridgehead atoms. The lowest BCUT2D eigenvalue weighted by molar-refractivity contribution is 0.0673. The highest BCUT2D eigenvalue weighted by molar-refractivity contribution is 7.15. The third-order valence-corrected chi connectivity index (χ3v) is 5.59. The number of halogens is 1. The second kappa shape index (κ2) is 9.15. The molecule has 0 saturated carbocycles. The standard InChI is InChI=1S/C22H21FN2O3S/c23-19-9-3-1-6-15(19)12-17-13-24-22(29-17)25-21(26)18-8-2-4-10-20(18)28-14-16-7-5-11-27-16/h1-4,6,8-10,13,16H,5,7,11-12,14H2,(H,24,25,26). The van der Waals surface area contributed by atoms with Gasteiger partial charge in [-0.15, -0.1) is 11.3 Å². The Balaban J connectivity index is 1.41. The first-order chi connectivity index (χ1) is 14.2. The lowest BCUT2D eigenvalue weighted by atomic mass is 10.1. The monoisotopic (exact) mass is 412 g/mol. The molecule has 1 N–H and O–H groups in total. The van der Waals surface area contributed by atoms with E-state index in [4.69, 9.17) is 9.47 Å². The molecule has 7 heteroatoms. The van der Waals surface area contributed by atoms with Crippen LogP contribution in [-0.2, 0) is 11.2 Å². The summed E-state index contributed by atoms with van der Waals surface area (Å²) in [6.45, 7) is 1.18. The maximum atomic E-state index is 13.8. The number of ether oxygens (including phenoxy) is 2. The fourth-order valence-electron chi connectivity index (χ4n) is 3.18. The van der Waals surface area contributed by atoms with Crippen molar-refractivity contribution in [1.29, 1.82) is 0 Å². The van der Waals surface area contributed by atoms with E-state index in [1.54, 1.807) is 42.6 Å². The summed E-state index contributed by atoms with van der Waals surface area (Å²) in [6.07, 6.45) is 4.17. The van der Waals surface area contributed by atoms with Gasteiger partial charge in [-0.2, -0.15) is 0 Å². The van der Waals surface area contributed by atoms with Crippen molar-refractivity contribution >= 4 is 22.4 Å². The van der Waals surface area contributed by atoms with Gasteiger partial charge >= 0.3 is 0 Å². The highest BCUT2D eigenvalue weighted by Gasteiger charge is 2.19. The van der Waals surface area contributed by atoms with Crippen molar-refractivity contribution < 1.29 is 18.7 Å². The predicted octanol–water partition coefficient (Wildman–Crippen LogP) is 4.68. The predicted molar refractivity (Wildman–Crippen MR) is 110 cm³/mol. The number of rotatable bonds is 7. The van der Waals surface area contributed by atoms with Crippen LogP contribution in [0.5, 0.6) is 5.75 Å². The second-order valence-corrected chi connectivity index (χ2v) is 7.91. The van der Waals surface area contributed by atoms with E-state index < -0.39 is 0 Å². The molecular formula is C22H21FN2O3S. The van der Waals surface area contributed by atoms with Crippen molar-refractivity contribution in [2.45, 2.75) is 25.4 Å². The molecule has 0 aliphatic carbocycles. The molecule has 1 fully saturated rings. The molecule has 1 aromatic heterocycles. The lowest BCUT2D eigenvalue weighted by Crippen LogP contribution is -2.19. The Labute approximate surface area is 172 Å². The molecule has 1 unspecified atom stereocenters. The van der Waals surface area contributed by atoms with E-state index in [9.17, 15) is 9.18 Å². The van der Waals surface area contributed by atoms with Gasteiger partial charge in [0.1, 0.15) is 18.2 Å². The SMILES string of the molecule is O=C(Nc1ncc(Cc2ccccc2F)s1)c1ccccc1OCC1CCCO1. The average molecular weight is 412 g/mol. The van der Waals surface area contributed by atoms with Crippen molar-refractivity contribution in [1.82, 2.24) is 4.98 Å². The van der Waals surface area contributed by atoms with E-state index in [0.29, 0.717) is 35.0 Å². The van der Waals surface area contributed by atoms with Crippen LogP contribution in [0.4, 0.5) is 9.52 Å². The Kier molecular flexibility index (Phi) is 6.17. The maximum Gasteiger partial charge on any atom is 0.261 e. The summed E-state index contributed by atoms with van der Waals surface area (Å²) in [6, 6.07) is 13.8. The van der Waals surface area contributed by atoms with Gasteiger partial charge in [-0.3, -0.25) is 10.1 Å². The number of thiazole rings is 1. The molecule has 1 saturated heterocycles. The van der Waals surface area contributed by atoms with Gasteiger partial charge in [-0.05, 0) is 36.6 Å². The zero-order valence-corrected chi connectivity index (χ0v) is 16.6.